The summed E-state index contributed by atoms with van der Waals surface area (Å²) in [6.45, 7) is 7.90. The highest BCUT2D eigenvalue weighted by molar-refractivity contribution is 5.71. The summed E-state index contributed by atoms with van der Waals surface area (Å²) < 4.78 is 11.2. The molecule has 112 valence electrons. The first-order valence-electron chi connectivity index (χ1n) is 7.22. The normalized spacial score (nSPS) is 11.0. The van der Waals surface area contributed by atoms with Crippen molar-refractivity contribution in [2.45, 2.75) is 39.9 Å². The quantitative estimate of drug-likeness (QED) is 0.870. The summed E-state index contributed by atoms with van der Waals surface area (Å²) in [5.74, 6) is 1.71. The molecule has 0 fully saturated rings. The molecule has 2 aromatic rings. The van der Waals surface area contributed by atoms with E-state index in [1.165, 1.54) is 0 Å². The van der Waals surface area contributed by atoms with E-state index in [0.29, 0.717) is 5.75 Å². The van der Waals surface area contributed by atoms with Crippen LogP contribution in [0.15, 0.2) is 42.5 Å². The van der Waals surface area contributed by atoms with Gasteiger partial charge in [0.05, 0.1) is 12.2 Å². The van der Waals surface area contributed by atoms with Gasteiger partial charge in [-0.3, -0.25) is 0 Å². The first-order chi connectivity index (χ1) is 9.95. The van der Waals surface area contributed by atoms with Gasteiger partial charge in [0.2, 0.25) is 0 Å². The van der Waals surface area contributed by atoms with Crippen LogP contribution in [-0.4, -0.2) is 17.3 Å². The van der Waals surface area contributed by atoms with Gasteiger partial charge in [0.15, 0.2) is 0 Å². The third-order valence-corrected chi connectivity index (χ3v) is 2.88. The van der Waals surface area contributed by atoms with Crippen LogP contribution in [-0.2, 0) is 0 Å². The Hall–Kier alpha value is -2.16. The second kappa shape index (κ2) is 6.53. The van der Waals surface area contributed by atoms with Crippen molar-refractivity contribution in [2.75, 3.05) is 0 Å². The maximum Gasteiger partial charge on any atom is 0.127 e. The Morgan fingerprint density at radius 3 is 1.81 bits per heavy atom. The zero-order valence-corrected chi connectivity index (χ0v) is 13.0. The van der Waals surface area contributed by atoms with Crippen LogP contribution in [0.25, 0.3) is 11.1 Å². The second-order valence-electron chi connectivity index (χ2n) is 5.54. The summed E-state index contributed by atoms with van der Waals surface area (Å²) in [5, 5.41) is 10.2. The summed E-state index contributed by atoms with van der Waals surface area (Å²) >= 11 is 0. The summed E-state index contributed by atoms with van der Waals surface area (Å²) in [5.41, 5.74) is 1.72. The van der Waals surface area contributed by atoms with E-state index < -0.39 is 0 Å². The number of rotatable bonds is 5. The summed E-state index contributed by atoms with van der Waals surface area (Å²) in [4.78, 5) is 0. The number of hydrogen-bond donors (Lipinski definition) is 1. The van der Waals surface area contributed by atoms with E-state index in [1.807, 2.05) is 64.1 Å². The minimum absolute atomic E-state index is 0.0858. The van der Waals surface area contributed by atoms with Gasteiger partial charge < -0.3 is 14.6 Å². The molecule has 0 saturated carbocycles. The van der Waals surface area contributed by atoms with E-state index in [-0.39, 0.29) is 18.0 Å². The molecule has 0 aliphatic rings. The number of ether oxygens (including phenoxy) is 2. The van der Waals surface area contributed by atoms with Gasteiger partial charge in [-0.2, -0.15) is 0 Å². The van der Waals surface area contributed by atoms with Crippen molar-refractivity contribution in [2.24, 2.45) is 0 Å². The molecule has 1 N–H and O–H groups in total. The van der Waals surface area contributed by atoms with E-state index in [0.717, 1.165) is 16.9 Å². The Balaban J connectivity index is 2.21. The van der Waals surface area contributed by atoms with Crippen molar-refractivity contribution in [3.63, 3.8) is 0 Å². The molecular weight excluding hydrogens is 264 g/mol. The predicted octanol–water partition coefficient (Wildman–Crippen LogP) is 4.63. The molecule has 3 heteroatoms. The Bertz CT molecular complexity index is 586. The molecule has 0 heterocycles. The van der Waals surface area contributed by atoms with E-state index >= 15 is 0 Å². The smallest absolute Gasteiger partial charge is 0.127 e. The van der Waals surface area contributed by atoms with Crippen LogP contribution in [0, 0.1) is 0 Å². The molecule has 3 nitrogen and oxygen atoms in total. The number of hydrogen-bond acceptors (Lipinski definition) is 3. The Morgan fingerprint density at radius 2 is 1.29 bits per heavy atom. The van der Waals surface area contributed by atoms with Gasteiger partial charge in [-0.15, -0.1) is 0 Å². The van der Waals surface area contributed by atoms with Crippen molar-refractivity contribution >= 4 is 0 Å². The van der Waals surface area contributed by atoms with Crippen molar-refractivity contribution < 1.29 is 14.6 Å². The fourth-order valence-corrected chi connectivity index (χ4v) is 2.09. The average molecular weight is 286 g/mol. The van der Waals surface area contributed by atoms with Gasteiger partial charge >= 0.3 is 0 Å². The minimum atomic E-state index is 0.0858. The summed E-state index contributed by atoms with van der Waals surface area (Å²) in [6, 6.07) is 13.1. The van der Waals surface area contributed by atoms with E-state index in [9.17, 15) is 5.11 Å². The van der Waals surface area contributed by atoms with Crippen LogP contribution < -0.4 is 9.47 Å². The Kier molecular flexibility index (Phi) is 4.73. The molecule has 0 aliphatic carbocycles. The molecule has 0 aromatic heterocycles. The lowest BCUT2D eigenvalue weighted by atomic mass is 10.0. The number of aromatic hydroxyl groups is 1. The number of phenolic OH excluding ortho intramolecular Hbond substituents is 1. The van der Waals surface area contributed by atoms with Gasteiger partial charge in [-0.25, -0.2) is 0 Å². The SMILES string of the molecule is CC(C)Oc1ccc(-c2ccc(OC(C)C)cc2O)cc1. The molecular formula is C18H22O3. The Labute approximate surface area is 126 Å². The zero-order chi connectivity index (χ0) is 15.4. The molecule has 0 bridgehead atoms. The molecule has 0 saturated heterocycles. The zero-order valence-electron chi connectivity index (χ0n) is 13.0. The predicted molar refractivity (Wildman–Crippen MR) is 85.1 cm³/mol. The van der Waals surface area contributed by atoms with Crippen LogP contribution in [0.3, 0.4) is 0 Å². The molecule has 2 rings (SSSR count). The highest BCUT2D eigenvalue weighted by atomic mass is 16.5. The van der Waals surface area contributed by atoms with E-state index in [1.54, 1.807) is 6.07 Å². The first kappa shape index (κ1) is 15.2. The molecule has 0 unspecified atom stereocenters. The minimum Gasteiger partial charge on any atom is -0.507 e. The molecule has 0 aliphatic heterocycles. The molecule has 2 aromatic carbocycles. The number of benzene rings is 2. The topological polar surface area (TPSA) is 38.7 Å². The lowest BCUT2D eigenvalue weighted by molar-refractivity contribution is 0.241. The van der Waals surface area contributed by atoms with Crippen LogP contribution in [0.1, 0.15) is 27.7 Å². The largest absolute Gasteiger partial charge is 0.507 e. The van der Waals surface area contributed by atoms with Crippen LogP contribution >= 0.6 is 0 Å². The first-order valence-corrected chi connectivity index (χ1v) is 7.22. The van der Waals surface area contributed by atoms with Gasteiger partial charge in [0.25, 0.3) is 0 Å². The highest BCUT2D eigenvalue weighted by Gasteiger charge is 2.07. The van der Waals surface area contributed by atoms with E-state index in [4.69, 9.17) is 9.47 Å². The lowest BCUT2D eigenvalue weighted by Gasteiger charge is -2.13. The van der Waals surface area contributed by atoms with Crippen molar-refractivity contribution in [3.8, 4) is 28.4 Å². The van der Waals surface area contributed by atoms with E-state index in [2.05, 4.69) is 0 Å². The molecule has 0 spiro atoms. The van der Waals surface area contributed by atoms with Gasteiger partial charge in [-0.1, -0.05) is 12.1 Å². The molecule has 0 amide bonds. The van der Waals surface area contributed by atoms with Crippen molar-refractivity contribution in [1.82, 2.24) is 0 Å². The molecule has 21 heavy (non-hydrogen) atoms. The number of phenols is 1. The molecule has 0 atom stereocenters. The highest BCUT2D eigenvalue weighted by Crippen LogP contribution is 2.33. The maximum atomic E-state index is 10.2. The van der Waals surface area contributed by atoms with Crippen molar-refractivity contribution in [1.29, 1.82) is 0 Å². The monoisotopic (exact) mass is 286 g/mol. The van der Waals surface area contributed by atoms with Crippen LogP contribution in [0.5, 0.6) is 17.2 Å². The van der Waals surface area contributed by atoms with Crippen LogP contribution in [0.4, 0.5) is 0 Å². The summed E-state index contributed by atoms with van der Waals surface area (Å²) in [7, 11) is 0. The van der Waals surface area contributed by atoms with Gasteiger partial charge in [-0.05, 0) is 57.5 Å². The third-order valence-electron chi connectivity index (χ3n) is 2.88. The molecule has 0 radical (unpaired) electrons. The van der Waals surface area contributed by atoms with Crippen LogP contribution in [0.2, 0.25) is 0 Å². The average Bonchev–Trinajstić information content (AvgIpc) is 2.39. The second-order valence-corrected chi connectivity index (χ2v) is 5.54. The standard InChI is InChI=1S/C18H22O3/c1-12(2)20-15-7-5-14(6-8-15)17-10-9-16(11-18(17)19)21-13(3)4/h5-13,19H,1-4H3. The third kappa shape index (κ3) is 4.15. The lowest BCUT2D eigenvalue weighted by Crippen LogP contribution is -2.05. The fourth-order valence-electron chi connectivity index (χ4n) is 2.09. The fraction of sp³-hybridized carbons (Fsp3) is 0.333. The van der Waals surface area contributed by atoms with Crippen molar-refractivity contribution in [3.05, 3.63) is 42.5 Å². The maximum absolute atomic E-state index is 10.2. The summed E-state index contributed by atoms with van der Waals surface area (Å²) in [6.07, 6.45) is 0.236. The van der Waals surface area contributed by atoms with Gasteiger partial charge in [0, 0.05) is 11.6 Å². The Morgan fingerprint density at radius 1 is 0.762 bits per heavy atom. The van der Waals surface area contributed by atoms with Gasteiger partial charge in [0.1, 0.15) is 17.2 Å².